The number of benzene rings is 1. The lowest BCUT2D eigenvalue weighted by atomic mass is 10.1. The van der Waals surface area contributed by atoms with Crippen LogP contribution in [-0.2, 0) is 6.42 Å². The molecule has 0 aromatic heterocycles. The van der Waals surface area contributed by atoms with Crippen LogP contribution >= 0.6 is 24.0 Å². The Morgan fingerprint density at radius 3 is 2.57 bits per heavy atom. The van der Waals surface area contributed by atoms with Gasteiger partial charge < -0.3 is 10.6 Å². The number of aliphatic imine (C=N–C) groups is 1. The molecule has 1 aromatic rings. The van der Waals surface area contributed by atoms with Gasteiger partial charge in [-0.3, -0.25) is 4.99 Å². The van der Waals surface area contributed by atoms with Gasteiger partial charge in [0.2, 0.25) is 0 Å². The summed E-state index contributed by atoms with van der Waals surface area (Å²) in [4.78, 5) is 4.17. The van der Waals surface area contributed by atoms with Gasteiger partial charge in [-0.15, -0.1) is 24.0 Å². The topological polar surface area (TPSA) is 36.4 Å². The van der Waals surface area contributed by atoms with Crippen molar-refractivity contribution < 1.29 is 4.39 Å². The van der Waals surface area contributed by atoms with Crippen LogP contribution < -0.4 is 10.6 Å². The molecule has 0 saturated carbocycles. The third kappa shape index (κ3) is 9.66. The first-order valence-corrected chi connectivity index (χ1v) is 7.30. The second-order valence-electron chi connectivity index (χ2n) is 5.34. The van der Waals surface area contributed by atoms with Gasteiger partial charge in [-0.05, 0) is 42.9 Å². The van der Waals surface area contributed by atoms with Crippen LogP contribution in [0.15, 0.2) is 29.3 Å². The molecular weight excluding hydrogens is 380 g/mol. The molecule has 0 aliphatic carbocycles. The highest BCUT2D eigenvalue weighted by molar-refractivity contribution is 14.0. The summed E-state index contributed by atoms with van der Waals surface area (Å²) in [5.41, 5.74) is 0.993. The molecule has 1 aromatic carbocycles. The minimum atomic E-state index is -0.182. The number of nitrogens with one attached hydrogen (secondary N) is 2. The molecule has 0 amide bonds. The van der Waals surface area contributed by atoms with E-state index in [-0.39, 0.29) is 29.8 Å². The molecule has 0 aliphatic rings. The lowest BCUT2D eigenvalue weighted by molar-refractivity contribution is 0.549. The first-order chi connectivity index (χ1) is 9.61. The summed E-state index contributed by atoms with van der Waals surface area (Å²) in [6, 6.07) is 6.71. The van der Waals surface area contributed by atoms with Gasteiger partial charge in [0.05, 0.1) is 0 Å². The van der Waals surface area contributed by atoms with Crippen molar-refractivity contribution in [3.05, 3.63) is 35.6 Å². The summed E-state index contributed by atoms with van der Waals surface area (Å²) in [6.45, 7) is 6.13. The summed E-state index contributed by atoms with van der Waals surface area (Å²) in [6.07, 6.45) is 3.14. The fourth-order valence-corrected chi connectivity index (χ4v) is 1.96. The van der Waals surface area contributed by atoms with Crippen molar-refractivity contribution in [2.75, 3.05) is 20.1 Å². The monoisotopic (exact) mass is 407 g/mol. The quantitative estimate of drug-likeness (QED) is 0.314. The molecule has 0 unspecified atom stereocenters. The van der Waals surface area contributed by atoms with Gasteiger partial charge in [0, 0.05) is 20.1 Å². The molecule has 0 atom stereocenters. The zero-order chi connectivity index (χ0) is 14.8. The third-order valence-electron chi connectivity index (χ3n) is 3.07. The van der Waals surface area contributed by atoms with Gasteiger partial charge in [0.15, 0.2) is 5.96 Å². The highest BCUT2D eigenvalue weighted by Gasteiger charge is 1.99. The first-order valence-electron chi connectivity index (χ1n) is 7.30. The van der Waals surface area contributed by atoms with Crippen molar-refractivity contribution in [2.24, 2.45) is 10.9 Å². The maximum atomic E-state index is 13.0. The molecule has 0 radical (unpaired) electrons. The molecular formula is C16H27FIN3. The van der Waals surface area contributed by atoms with Crippen molar-refractivity contribution in [1.82, 2.24) is 10.6 Å². The van der Waals surface area contributed by atoms with Gasteiger partial charge in [0.1, 0.15) is 5.82 Å². The van der Waals surface area contributed by atoms with Crippen molar-refractivity contribution in [3.8, 4) is 0 Å². The summed E-state index contributed by atoms with van der Waals surface area (Å²) in [5, 5.41) is 6.53. The molecule has 5 heteroatoms. The SMILES string of the molecule is CN=C(NCCCC(C)C)NCCc1cccc(F)c1.I. The summed E-state index contributed by atoms with van der Waals surface area (Å²) in [5.74, 6) is 1.36. The van der Waals surface area contributed by atoms with Crippen LogP contribution in [0, 0.1) is 11.7 Å². The largest absolute Gasteiger partial charge is 0.356 e. The minimum absolute atomic E-state index is 0. The molecule has 0 saturated heterocycles. The standard InChI is InChI=1S/C16H26FN3.HI/c1-13(2)6-5-10-19-16(18-3)20-11-9-14-7-4-8-15(17)12-14;/h4,7-8,12-13H,5-6,9-11H2,1-3H3,(H2,18,19,20);1H. The maximum Gasteiger partial charge on any atom is 0.190 e. The Hall–Kier alpha value is -0.850. The van der Waals surface area contributed by atoms with Crippen molar-refractivity contribution in [2.45, 2.75) is 33.1 Å². The lowest BCUT2D eigenvalue weighted by Crippen LogP contribution is -2.38. The fraction of sp³-hybridized carbons (Fsp3) is 0.562. The van der Waals surface area contributed by atoms with Gasteiger partial charge in [-0.2, -0.15) is 0 Å². The van der Waals surface area contributed by atoms with Crippen molar-refractivity contribution in [3.63, 3.8) is 0 Å². The van der Waals surface area contributed by atoms with Crippen molar-refractivity contribution >= 4 is 29.9 Å². The van der Waals surface area contributed by atoms with Gasteiger partial charge >= 0.3 is 0 Å². The first kappa shape index (κ1) is 20.1. The van der Waals surface area contributed by atoms with E-state index in [9.17, 15) is 4.39 Å². The lowest BCUT2D eigenvalue weighted by Gasteiger charge is -2.12. The summed E-state index contributed by atoms with van der Waals surface area (Å²) < 4.78 is 13.0. The van der Waals surface area contributed by atoms with Gasteiger partial charge in [-0.1, -0.05) is 26.0 Å². The molecule has 0 heterocycles. The second-order valence-corrected chi connectivity index (χ2v) is 5.34. The average Bonchev–Trinajstić information content (AvgIpc) is 2.41. The van der Waals surface area contributed by atoms with E-state index < -0.39 is 0 Å². The van der Waals surface area contributed by atoms with Crippen LogP contribution in [0.25, 0.3) is 0 Å². The number of nitrogens with zero attached hydrogens (tertiary/aromatic N) is 1. The minimum Gasteiger partial charge on any atom is -0.356 e. The zero-order valence-electron chi connectivity index (χ0n) is 13.2. The Kier molecular flexibility index (Phi) is 11.3. The number of guanidine groups is 1. The molecule has 0 fully saturated rings. The summed E-state index contributed by atoms with van der Waals surface area (Å²) in [7, 11) is 1.76. The van der Waals surface area contributed by atoms with Gasteiger partial charge in [0.25, 0.3) is 0 Å². The molecule has 3 nitrogen and oxygen atoms in total. The molecule has 1 rings (SSSR count). The molecule has 0 spiro atoms. The van der Waals surface area contributed by atoms with E-state index >= 15 is 0 Å². The predicted molar refractivity (Wildman–Crippen MR) is 99.0 cm³/mol. The van der Waals surface area contributed by atoms with E-state index in [2.05, 4.69) is 29.5 Å². The number of halogens is 2. The van der Waals surface area contributed by atoms with Crippen molar-refractivity contribution in [1.29, 1.82) is 0 Å². The smallest absolute Gasteiger partial charge is 0.190 e. The average molecular weight is 407 g/mol. The van der Waals surface area contributed by atoms with E-state index in [4.69, 9.17) is 0 Å². The fourth-order valence-electron chi connectivity index (χ4n) is 1.96. The van der Waals surface area contributed by atoms with E-state index in [1.165, 1.54) is 12.5 Å². The zero-order valence-corrected chi connectivity index (χ0v) is 15.5. The highest BCUT2D eigenvalue weighted by atomic mass is 127. The third-order valence-corrected chi connectivity index (χ3v) is 3.07. The number of rotatable bonds is 7. The van der Waals surface area contributed by atoms with Crippen LogP contribution in [-0.4, -0.2) is 26.1 Å². The normalized spacial score (nSPS) is 11.2. The Morgan fingerprint density at radius 1 is 1.24 bits per heavy atom. The van der Waals surface area contributed by atoms with E-state index in [0.29, 0.717) is 0 Å². The molecule has 0 aliphatic heterocycles. The molecule has 21 heavy (non-hydrogen) atoms. The summed E-state index contributed by atoms with van der Waals surface area (Å²) >= 11 is 0. The Morgan fingerprint density at radius 2 is 1.95 bits per heavy atom. The molecule has 120 valence electrons. The number of hydrogen-bond acceptors (Lipinski definition) is 1. The van der Waals surface area contributed by atoms with Gasteiger partial charge in [-0.25, -0.2) is 4.39 Å². The highest BCUT2D eigenvalue weighted by Crippen LogP contribution is 2.03. The van der Waals surface area contributed by atoms with E-state index in [1.54, 1.807) is 19.2 Å². The maximum absolute atomic E-state index is 13.0. The Labute approximate surface area is 144 Å². The van der Waals surface area contributed by atoms with Crippen LogP contribution in [0.4, 0.5) is 4.39 Å². The number of hydrogen-bond donors (Lipinski definition) is 2. The second kappa shape index (κ2) is 11.8. The van der Waals surface area contributed by atoms with Crippen LogP contribution in [0.5, 0.6) is 0 Å². The molecule has 2 N–H and O–H groups in total. The van der Waals surface area contributed by atoms with Crippen LogP contribution in [0.2, 0.25) is 0 Å². The van der Waals surface area contributed by atoms with E-state index in [0.717, 1.165) is 43.4 Å². The van der Waals surface area contributed by atoms with Crippen LogP contribution in [0.3, 0.4) is 0 Å². The Balaban J connectivity index is 0.00000400. The molecule has 0 bridgehead atoms. The Bertz CT molecular complexity index is 422. The van der Waals surface area contributed by atoms with Crippen LogP contribution in [0.1, 0.15) is 32.3 Å². The predicted octanol–water partition coefficient (Wildman–Crippen LogP) is 3.59. The van der Waals surface area contributed by atoms with E-state index in [1.807, 2.05) is 6.07 Å².